The zero-order chi connectivity index (χ0) is 20.3. The van der Waals surface area contributed by atoms with Crippen LogP contribution in [0.25, 0.3) is 23.0 Å². The molecule has 0 atom stereocenters. The number of nitrogens with zero attached hydrogens (tertiary/aromatic N) is 4. The van der Waals surface area contributed by atoms with E-state index < -0.39 is 0 Å². The summed E-state index contributed by atoms with van der Waals surface area (Å²) in [6.07, 6.45) is 7.62. The lowest BCUT2D eigenvalue weighted by atomic mass is 10.1. The van der Waals surface area contributed by atoms with E-state index in [2.05, 4.69) is 25.0 Å². The number of furan rings is 1. The second-order valence-corrected chi connectivity index (χ2v) is 7.30. The summed E-state index contributed by atoms with van der Waals surface area (Å²) >= 11 is 0. The molecule has 4 aromatic rings. The van der Waals surface area contributed by atoms with Gasteiger partial charge in [-0.1, -0.05) is 5.16 Å². The number of anilines is 1. The highest BCUT2D eigenvalue weighted by atomic mass is 16.5. The summed E-state index contributed by atoms with van der Waals surface area (Å²) in [5.74, 6) is 2.20. The van der Waals surface area contributed by atoms with Crippen LogP contribution in [0, 0.1) is 0 Å². The van der Waals surface area contributed by atoms with Crippen LogP contribution in [-0.2, 0) is 24.2 Å². The molecule has 0 radical (unpaired) electrons. The molecule has 3 aromatic heterocycles. The summed E-state index contributed by atoms with van der Waals surface area (Å²) < 4.78 is 12.7. The molecule has 8 heteroatoms. The van der Waals surface area contributed by atoms with E-state index in [1.807, 2.05) is 30.5 Å². The van der Waals surface area contributed by atoms with Gasteiger partial charge in [-0.25, -0.2) is 4.98 Å². The van der Waals surface area contributed by atoms with Gasteiger partial charge in [-0.3, -0.25) is 4.79 Å². The summed E-state index contributed by atoms with van der Waals surface area (Å²) in [6.45, 7) is 1.01. The smallest absolute Gasteiger partial charge is 0.238 e. The first-order chi connectivity index (χ1) is 14.8. The Balaban J connectivity index is 1.18. The summed E-state index contributed by atoms with van der Waals surface area (Å²) in [5.41, 5.74) is 3.10. The van der Waals surface area contributed by atoms with Gasteiger partial charge in [0.1, 0.15) is 5.82 Å². The van der Waals surface area contributed by atoms with Crippen molar-refractivity contribution in [3.05, 3.63) is 60.4 Å². The minimum absolute atomic E-state index is 0.112. The predicted octanol–water partition coefficient (Wildman–Crippen LogP) is 4.10. The first-order valence-electron chi connectivity index (χ1n) is 10.1. The van der Waals surface area contributed by atoms with Crippen molar-refractivity contribution in [2.75, 3.05) is 5.32 Å². The van der Waals surface area contributed by atoms with E-state index >= 15 is 0 Å². The fourth-order valence-corrected chi connectivity index (χ4v) is 3.68. The minimum Gasteiger partial charge on any atom is -0.461 e. The number of benzene rings is 1. The first kappa shape index (κ1) is 18.4. The van der Waals surface area contributed by atoms with E-state index in [0.29, 0.717) is 23.9 Å². The van der Waals surface area contributed by atoms with Gasteiger partial charge in [0, 0.05) is 42.5 Å². The maximum atomic E-state index is 12.3. The fourth-order valence-electron chi connectivity index (χ4n) is 3.68. The highest BCUT2D eigenvalue weighted by Gasteiger charge is 2.16. The quantitative estimate of drug-likeness (QED) is 0.520. The number of carbonyl (C=O) groups excluding carboxylic acids is 1. The molecule has 4 heterocycles. The molecule has 0 saturated carbocycles. The lowest BCUT2D eigenvalue weighted by molar-refractivity contribution is -0.116. The molecule has 30 heavy (non-hydrogen) atoms. The molecule has 0 aliphatic carbocycles. The third-order valence-electron chi connectivity index (χ3n) is 5.21. The Morgan fingerprint density at radius 1 is 1.17 bits per heavy atom. The van der Waals surface area contributed by atoms with E-state index in [4.69, 9.17) is 8.94 Å². The standard InChI is InChI=1S/C22H21N5O3/c28-19(10-11-20-25-21(26-30-20)18-5-3-13-29-18)24-16-8-6-15(7-9-16)22-23-14-17-4-1-2-12-27(17)22/h3,5-9,13-14H,1-2,4,10-12H2,(H,24,28). The van der Waals surface area contributed by atoms with Crippen molar-refractivity contribution in [1.29, 1.82) is 0 Å². The average Bonchev–Trinajstić information content (AvgIpc) is 3.53. The topological polar surface area (TPSA) is 99.0 Å². The van der Waals surface area contributed by atoms with Crippen molar-refractivity contribution in [2.45, 2.75) is 38.6 Å². The van der Waals surface area contributed by atoms with E-state index in [1.165, 1.54) is 18.5 Å². The van der Waals surface area contributed by atoms with Crippen LogP contribution in [0.5, 0.6) is 0 Å². The molecule has 1 aromatic carbocycles. The molecular weight excluding hydrogens is 382 g/mol. The van der Waals surface area contributed by atoms with Crippen molar-refractivity contribution in [1.82, 2.24) is 19.7 Å². The number of carbonyl (C=O) groups is 1. The fraction of sp³-hybridized carbons (Fsp3) is 0.273. The normalized spacial score (nSPS) is 13.2. The summed E-state index contributed by atoms with van der Waals surface area (Å²) in [5, 5.41) is 6.77. The zero-order valence-corrected chi connectivity index (χ0v) is 16.4. The van der Waals surface area contributed by atoms with Crippen LogP contribution >= 0.6 is 0 Å². The van der Waals surface area contributed by atoms with Crippen molar-refractivity contribution < 1.29 is 13.7 Å². The van der Waals surface area contributed by atoms with Crippen LogP contribution in [0.3, 0.4) is 0 Å². The third kappa shape index (κ3) is 3.76. The molecule has 0 fully saturated rings. The Morgan fingerprint density at radius 3 is 2.90 bits per heavy atom. The molecule has 152 valence electrons. The summed E-state index contributed by atoms with van der Waals surface area (Å²) in [4.78, 5) is 21.1. The number of aromatic nitrogens is 4. The van der Waals surface area contributed by atoms with Crippen LogP contribution in [0.4, 0.5) is 5.69 Å². The largest absolute Gasteiger partial charge is 0.461 e. The highest BCUT2D eigenvalue weighted by molar-refractivity contribution is 5.91. The third-order valence-corrected chi connectivity index (χ3v) is 5.21. The van der Waals surface area contributed by atoms with E-state index in [9.17, 15) is 4.79 Å². The van der Waals surface area contributed by atoms with Crippen LogP contribution in [0.1, 0.15) is 30.8 Å². The van der Waals surface area contributed by atoms with Crippen molar-refractivity contribution in [2.24, 2.45) is 0 Å². The Kier molecular flexibility index (Phi) is 4.88. The van der Waals surface area contributed by atoms with Crippen molar-refractivity contribution >= 4 is 11.6 Å². The average molecular weight is 403 g/mol. The molecule has 1 aliphatic rings. The van der Waals surface area contributed by atoms with Gasteiger partial charge < -0.3 is 18.8 Å². The zero-order valence-electron chi connectivity index (χ0n) is 16.4. The predicted molar refractivity (Wildman–Crippen MR) is 110 cm³/mol. The molecule has 0 bridgehead atoms. The molecule has 1 aliphatic heterocycles. The molecule has 0 unspecified atom stereocenters. The van der Waals surface area contributed by atoms with Gasteiger partial charge in [0.2, 0.25) is 17.6 Å². The number of fused-ring (bicyclic) bond motifs is 1. The van der Waals surface area contributed by atoms with Gasteiger partial charge >= 0.3 is 0 Å². The van der Waals surface area contributed by atoms with Gasteiger partial charge in [0.05, 0.1) is 6.26 Å². The lowest BCUT2D eigenvalue weighted by Crippen LogP contribution is -2.12. The van der Waals surface area contributed by atoms with Gasteiger partial charge in [-0.15, -0.1) is 0 Å². The van der Waals surface area contributed by atoms with E-state index in [0.717, 1.165) is 30.0 Å². The summed E-state index contributed by atoms with van der Waals surface area (Å²) in [7, 11) is 0. The second kappa shape index (κ2) is 7.98. The molecule has 5 rings (SSSR count). The Labute approximate surface area is 172 Å². The molecule has 8 nitrogen and oxygen atoms in total. The second-order valence-electron chi connectivity index (χ2n) is 7.30. The number of nitrogens with one attached hydrogen (secondary N) is 1. The minimum atomic E-state index is -0.112. The Hall–Kier alpha value is -3.68. The Bertz CT molecular complexity index is 1140. The number of hydrogen-bond donors (Lipinski definition) is 1. The lowest BCUT2D eigenvalue weighted by Gasteiger charge is -2.16. The maximum absolute atomic E-state index is 12.3. The molecule has 1 N–H and O–H groups in total. The Morgan fingerprint density at radius 2 is 2.07 bits per heavy atom. The highest BCUT2D eigenvalue weighted by Crippen LogP contribution is 2.25. The molecule has 0 spiro atoms. The number of hydrogen-bond acceptors (Lipinski definition) is 6. The van der Waals surface area contributed by atoms with E-state index in [1.54, 1.807) is 18.4 Å². The number of imidazole rings is 1. The van der Waals surface area contributed by atoms with Crippen molar-refractivity contribution in [3.63, 3.8) is 0 Å². The van der Waals surface area contributed by atoms with Gasteiger partial charge in [0.25, 0.3) is 0 Å². The SMILES string of the molecule is O=C(CCc1nc(-c2ccco2)no1)Nc1ccc(-c2ncc3n2CCCC3)cc1. The molecule has 0 saturated heterocycles. The number of amides is 1. The first-order valence-corrected chi connectivity index (χ1v) is 10.1. The number of rotatable bonds is 6. The van der Waals surface area contributed by atoms with Crippen LogP contribution in [-0.4, -0.2) is 25.6 Å². The number of aryl methyl sites for hydroxylation is 2. The van der Waals surface area contributed by atoms with Crippen molar-refractivity contribution in [3.8, 4) is 23.0 Å². The maximum Gasteiger partial charge on any atom is 0.238 e. The molecular formula is C22H21N5O3. The van der Waals surface area contributed by atoms with E-state index in [-0.39, 0.29) is 12.3 Å². The van der Waals surface area contributed by atoms with Crippen LogP contribution in [0.2, 0.25) is 0 Å². The van der Waals surface area contributed by atoms with Gasteiger partial charge in [-0.2, -0.15) is 4.98 Å². The monoisotopic (exact) mass is 403 g/mol. The van der Waals surface area contributed by atoms with Crippen LogP contribution in [0.15, 0.2) is 57.8 Å². The van der Waals surface area contributed by atoms with Gasteiger partial charge in [0.15, 0.2) is 5.76 Å². The molecule has 1 amide bonds. The summed E-state index contributed by atoms with van der Waals surface area (Å²) in [6, 6.07) is 11.3. The van der Waals surface area contributed by atoms with Crippen LogP contribution < -0.4 is 5.32 Å². The van der Waals surface area contributed by atoms with Gasteiger partial charge in [-0.05, 0) is 55.7 Å².